The van der Waals surface area contributed by atoms with Crippen molar-refractivity contribution in [3.8, 4) is 0 Å². The molecule has 1 saturated carbocycles. The number of pyridine rings is 1. The van der Waals surface area contributed by atoms with Gasteiger partial charge in [0.05, 0.1) is 5.52 Å². The van der Waals surface area contributed by atoms with Gasteiger partial charge in [-0.2, -0.15) is 0 Å². The first-order chi connectivity index (χ1) is 10.3. The fourth-order valence-corrected chi connectivity index (χ4v) is 3.73. The molecule has 1 saturated heterocycles. The Bertz CT molecular complexity index is 650. The minimum Gasteiger partial charge on any atom is -0.314 e. The summed E-state index contributed by atoms with van der Waals surface area (Å²) in [7, 11) is 0. The quantitative estimate of drug-likeness (QED) is 0.937. The molecule has 0 bridgehead atoms. The predicted molar refractivity (Wildman–Crippen MR) is 86.2 cm³/mol. The molecule has 1 aliphatic heterocycles. The van der Waals surface area contributed by atoms with Crippen molar-refractivity contribution in [2.24, 2.45) is 5.92 Å². The summed E-state index contributed by atoms with van der Waals surface area (Å²) in [5.74, 6) is 0.882. The fraction of sp³-hybridized carbons (Fsp3) is 0.500. The molecule has 2 heterocycles. The highest BCUT2D eigenvalue weighted by molar-refractivity contribution is 5.78. The van der Waals surface area contributed by atoms with Gasteiger partial charge in [-0.3, -0.25) is 9.88 Å². The van der Waals surface area contributed by atoms with Gasteiger partial charge in [0.1, 0.15) is 0 Å². The highest BCUT2D eigenvalue weighted by Gasteiger charge is 2.46. The van der Waals surface area contributed by atoms with E-state index >= 15 is 0 Å². The van der Waals surface area contributed by atoms with E-state index in [-0.39, 0.29) is 0 Å². The Kier molecular flexibility index (Phi) is 3.20. The van der Waals surface area contributed by atoms with Crippen LogP contribution in [0.3, 0.4) is 0 Å². The van der Waals surface area contributed by atoms with Gasteiger partial charge in [-0.1, -0.05) is 12.1 Å². The van der Waals surface area contributed by atoms with Crippen molar-refractivity contribution < 1.29 is 0 Å². The van der Waals surface area contributed by atoms with Crippen LogP contribution < -0.4 is 5.32 Å². The molecule has 2 aliphatic rings. The average molecular weight is 281 g/mol. The maximum atomic E-state index is 4.41. The second-order valence-corrected chi connectivity index (χ2v) is 6.76. The average Bonchev–Trinajstić information content (AvgIpc) is 3.35. The van der Waals surface area contributed by atoms with Crippen molar-refractivity contribution in [3.63, 3.8) is 0 Å². The summed E-state index contributed by atoms with van der Waals surface area (Å²) >= 11 is 0. The Morgan fingerprint density at radius 3 is 3.10 bits per heavy atom. The number of hydrogen-bond acceptors (Lipinski definition) is 3. The van der Waals surface area contributed by atoms with Crippen LogP contribution in [-0.2, 0) is 6.54 Å². The predicted octanol–water partition coefficient (Wildman–Crippen LogP) is 2.81. The van der Waals surface area contributed by atoms with Crippen molar-refractivity contribution in [2.75, 3.05) is 19.6 Å². The molecule has 1 aliphatic carbocycles. The van der Waals surface area contributed by atoms with Crippen LogP contribution in [0.1, 0.15) is 25.3 Å². The molecule has 0 spiro atoms. The lowest BCUT2D eigenvalue weighted by molar-refractivity contribution is 0.0485. The van der Waals surface area contributed by atoms with Gasteiger partial charge in [-0.25, -0.2) is 0 Å². The summed E-state index contributed by atoms with van der Waals surface area (Å²) in [6, 6.07) is 10.9. The van der Waals surface area contributed by atoms with Crippen LogP contribution >= 0.6 is 0 Å². The Hall–Kier alpha value is -1.45. The van der Waals surface area contributed by atoms with E-state index in [1.165, 1.54) is 23.8 Å². The summed E-state index contributed by atoms with van der Waals surface area (Å²) < 4.78 is 0. The lowest BCUT2D eigenvalue weighted by Gasteiger charge is -2.46. The lowest BCUT2D eigenvalue weighted by atomic mass is 9.90. The number of nitrogens with one attached hydrogen (secondary N) is 1. The summed E-state index contributed by atoms with van der Waals surface area (Å²) in [6.07, 6.45) is 4.66. The van der Waals surface area contributed by atoms with Gasteiger partial charge in [-0.15, -0.1) is 0 Å². The van der Waals surface area contributed by atoms with Gasteiger partial charge in [0, 0.05) is 43.3 Å². The van der Waals surface area contributed by atoms with Crippen LogP contribution in [0, 0.1) is 5.92 Å². The van der Waals surface area contributed by atoms with E-state index in [1.807, 2.05) is 12.3 Å². The van der Waals surface area contributed by atoms with Crippen LogP contribution in [0.2, 0.25) is 0 Å². The third-order valence-corrected chi connectivity index (χ3v) is 5.26. The number of aromatic nitrogens is 1. The number of benzene rings is 1. The third-order valence-electron chi connectivity index (χ3n) is 5.26. The van der Waals surface area contributed by atoms with E-state index in [0.717, 1.165) is 37.6 Å². The van der Waals surface area contributed by atoms with Crippen molar-refractivity contribution in [1.29, 1.82) is 0 Å². The molecule has 2 aromatic rings. The Balaban J connectivity index is 1.60. The Morgan fingerprint density at radius 1 is 1.33 bits per heavy atom. The van der Waals surface area contributed by atoms with E-state index in [9.17, 15) is 0 Å². The number of fused-ring (bicyclic) bond motifs is 1. The molecule has 2 fully saturated rings. The number of hydrogen-bond donors (Lipinski definition) is 1. The zero-order valence-corrected chi connectivity index (χ0v) is 12.7. The van der Waals surface area contributed by atoms with Crippen molar-refractivity contribution >= 4 is 10.9 Å². The largest absolute Gasteiger partial charge is 0.314 e. The fourth-order valence-electron chi connectivity index (χ4n) is 3.73. The normalized spacial score (nSPS) is 27.1. The molecule has 0 amide bonds. The summed E-state index contributed by atoms with van der Waals surface area (Å²) in [6.45, 7) is 6.89. The maximum Gasteiger partial charge on any atom is 0.0702 e. The van der Waals surface area contributed by atoms with Gasteiger partial charge in [0.25, 0.3) is 0 Å². The summed E-state index contributed by atoms with van der Waals surface area (Å²) in [5, 5.41) is 4.84. The molecule has 110 valence electrons. The molecule has 4 rings (SSSR count). The molecule has 1 atom stereocenters. The van der Waals surface area contributed by atoms with Gasteiger partial charge >= 0.3 is 0 Å². The minimum atomic E-state index is 0.335. The lowest BCUT2D eigenvalue weighted by Crippen LogP contribution is -2.60. The van der Waals surface area contributed by atoms with Crippen molar-refractivity contribution in [1.82, 2.24) is 15.2 Å². The molecule has 3 heteroatoms. The summed E-state index contributed by atoms with van der Waals surface area (Å²) in [4.78, 5) is 7.11. The number of piperazine rings is 1. The van der Waals surface area contributed by atoms with Crippen LogP contribution in [0.4, 0.5) is 0 Å². The highest BCUT2D eigenvalue weighted by Crippen LogP contribution is 2.44. The van der Waals surface area contributed by atoms with Crippen molar-refractivity contribution in [2.45, 2.75) is 31.8 Å². The van der Waals surface area contributed by atoms with E-state index in [4.69, 9.17) is 0 Å². The zero-order valence-electron chi connectivity index (χ0n) is 12.7. The zero-order chi connectivity index (χ0) is 14.3. The standard InChI is InChI=1S/C18H23N3/c1-18(16-5-6-16)13-19-9-10-21(18)12-14-4-7-17-15(11-14)3-2-8-20-17/h2-4,7-8,11,16,19H,5-6,9-10,12-13H2,1H3. The number of nitrogens with zero attached hydrogens (tertiary/aromatic N) is 2. The maximum absolute atomic E-state index is 4.41. The molecule has 1 N–H and O–H groups in total. The van der Waals surface area contributed by atoms with Gasteiger partial charge in [-0.05, 0) is 49.4 Å². The van der Waals surface area contributed by atoms with Crippen LogP contribution in [0.5, 0.6) is 0 Å². The van der Waals surface area contributed by atoms with Crippen LogP contribution in [0.25, 0.3) is 10.9 Å². The van der Waals surface area contributed by atoms with E-state index in [2.05, 4.69) is 46.4 Å². The molecule has 3 nitrogen and oxygen atoms in total. The van der Waals surface area contributed by atoms with E-state index in [1.54, 1.807) is 0 Å². The van der Waals surface area contributed by atoms with Crippen LogP contribution in [0.15, 0.2) is 36.5 Å². The number of rotatable bonds is 3. The van der Waals surface area contributed by atoms with Gasteiger partial charge in [0.2, 0.25) is 0 Å². The molecule has 1 aromatic carbocycles. The minimum absolute atomic E-state index is 0.335. The van der Waals surface area contributed by atoms with Crippen molar-refractivity contribution in [3.05, 3.63) is 42.1 Å². The van der Waals surface area contributed by atoms with Gasteiger partial charge in [0.15, 0.2) is 0 Å². The molecule has 1 unspecified atom stereocenters. The molecular weight excluding hydrogens is 258 g/mol. The SMILES string of the molecule is CC1(C2CC2)CNCCN1Cc1ccc2ncccc2c1. The second kappa shape index (κ2) is 5.08. The Labute approximate surface area is 126 Å². The molecular formula is C18H23N3. The smallest absolute Gasteiger partial charge is 0.0702 e. The topological polar surface area (TPSA) is 28.2 Å². The molecule has 1 aromatic heterocycles. The third kappa shape index (κ3) is 2.45. The van der Waals surface area contributed by atoms with Gasteiger partial charge < -0.3 is 5.32 Å². The first kappa shape index (κ1) is 13.2. The second-order valence-electron chi connectivity index (χ2n) is 6.76. The highest BCUT2D eigenvalue weighted by atomic mass is 15.3. The molecule has 0 radical (unpaired) electrons. The Morgan fingerprint density at radius 2 is 2.24 bits per heavy atom. The summed E-state index contributed by atoms with van der Waals surface area (Å²) in [5.41, 5.74) is 2.83. The first-order valence-corrected chi connectivity index (χ1v) is 8.05. The first-order valence-electron chi connectivity index (χ1n) is 8.05. The van der Waals surface area contributed by atoms with E-state index in [0.29, 0.717) is 5.54 Å². The van der Waals surface area contributed by atoms with Crippen LogP contribution in [-0.4, -0.2) is 35.1 Å². The monoisotopic (exact) mass is 281 g/mol. The molecule has 21 heavy (non-hydrogen) atoms. The van der Waals surface area contributed by atoms with E-state index < -0.39 is 0 Å².